The van der Waals surface area contributed by atoms with Gasteiger partial charge in [-0.3, -0.25) is 0 Å². The van der Waals surface area contributed by atoms with E-state index in [1.807, 2.05) is 42.5 Å². The average Bonchev–Trinajstić information content (AvgIpc) is 3.18. The van der Waals surface area contributed by atoms with E-state index in [4.69, 9.17) is 14.2 Å². The second-order valence-corrected chi connectivity index (χ2v) is 8.76. The van der Waals surface area contributed by atoms with Gasteiger partial charge in [-0.2, -0.15) is 0 Å². The van der Waals surface area contributed by atoms with E-state index >= 15 is 0 Å². The predicted octanol–water partition coefficient (Wildman–Crippen LogP) is 5.96. The molecule has 6 nitrogen and oxygen atoms in total. The van der Waals surface area contributed by atoms with Crippen molar-refractivity contribution in [3.8, 4) is 17.2 Å². The van der Waals surface area contributed by atoms with Crippen molar-refractivity contribution >= 4 is 17.3 Å². The van der Waals surface area contributed by atoms with Crippen LogP contribution in [0.15, 0.2) is 54.6 Å². The van der Waals surface area contributed by atoms with Crippen molar-refractivity contribution in [2.24, 2.45) is 0 Å². The van der Waals surface area contributed by atoms with Crippen molar-refractivity contribution < 1.29 is 19.0 Å². The normalized spacial score (nSPS) is 17.2. The second-order valence-electron chi connectivity index (χ2n) is 8.76. The molecule has 35 heavy (non-hydrogen) atoms. The summed E-state index contributed by atoms with van der Waals surface area (Å²) in [5.41, 5.74) is 3.90. The number of fused-ring (bicyclic) bond motifs is 6. The third kappa shape index (κ3) is 3.34. The fourth-order valence-corrected chi connectivity index (χ4v) is 5.44. The Morgan fingerprint density at radius 2 is 1.49 bits per heavy atom. The molecular weight excluding hydrogens is 440 g/mol. The highest BCUT2D eigenvalue weighted by molar-refractivity contribution is 5.97. The van der Waals surface area contributed by atoms with Crippen molar-refractivity contribution in [1.82, 2.24) is 0 Å². The average molecular weight is 473 g/mol. The molecule has 0 saturated carbocycles. The Morgan fingerprint density at radius 3 is 2.17 bits per heavy atom. The van der Waals surface area contributed by atoms with E-state index in [1.165, 1.54) is 0 Å². The topological polar surface area (TPSA) is 51.2 Å². The van der Waals surface area contributed by atoms with Crippen LogP contribution in [0.3, 0.4) is 0 Å². The van der Waals surface area contributed by atoms with Crippen LogP contribution in [-0.4, -0.2) is 39.3 Å². The molecule has 6 heteroatoms. The largest absolute Gasteiger partial charge is 0.495 e. The van der Waals surface area contributed by atoms with Gasteiger partial charge in [-0.25, -0.2) is 4.79 Å². The van der Waals surface area contributed by atoms with Gasteiger partial charge in [0.25, 0.3) is 0 Å². The molecule has 0 saturated heterocycles. The van der Waals surface area contributed by atoms with Crippen molar-refractivity contribution in [1.29, 1.82) is 0 Å². The molecule has 0 aromatic heterocycles. The first kappa shape index (κ1) is 23.1. The lowest BCUT2D eigenvalue weighted by Crippen LogP contribution is -2.34. The first-order chi connectivity index (χ1) is 17.0. The summed E-state index contributed by atoms with van der Waals surface area (Å²) in [4.78, 5) is 17.6. The zero-order valence-corrected chi connectivity index (χ0v) is 21.1. The van der Waals surface area contributed by atoms with Crippen LogP contribution >= 0.6 is 0 Å². The van der Waals surface area contributed by atoms with Crippen LogP contribution in [0.4, 0.5) is 11.4 Å². The number of ether oxygens (including phenoxy) is 3. The second kappa shape index (κ2) is 8.84. The Hall–Kier alpha value is -3.67. The van der Waals surface area contributed by atoms with Gasteiger partial charge in [0.1, 0.15) is 17.2 Å². The molecule has 182 valence electrons. The molecule has 0 bridgehead atoms. The van der Waals surface area contributed by atoms with Crippen LogP contribution in [-0.2, 0) is 10.3 Å². The van der Waals surface area contributed by atoms with Crippen molar-refractivity contribution in [3.05, 3.63) is 76.9 Å². The summed E-state index contributed by atoms with van der Waals surface area (Å²) in [6, 6.07) is 17.8. The summed E-state index contributed by atoms with van der Waals surface area (Å²) in [6.07, 6.45) is 0. The number of carbonyl (C=O) groups excluding carboxylic acids is 1. The third-order valence-corrected chi connectivity index (χ3v) is 7.23. The summed E-state index contributed by atoms with van der Waals surface area (Å²) < 4.78 is 18.7. The molecule has 2 aliphatic heterocycles. The summed E-state index contributed by atoms with van der Waals surface area (Å²) in [5.74, 6) is 1.75. The summed E-state index contributed by atoms with van der Waals surface area (Å²) in [7, 11) is 1.67. The lowest BCUT2D eigenvalue weighted by atomic mass is 9.77. The first-order valence-electron chi connectivity index (χ1n) is 12.4. The first-order valence-corrected chi connectivity index (χ1v) is 12.4. The molecule has 1 atom stereocenters. The number of nitrogens with zero attached hydrogens (tertiary/aromatic N) is 2. The molecule has 5 rings (SSSR count). The molecule has 1 spiro atoms. The molecule has 3 aromatic carbocycles. The highest BCUT2D eigenvalue weighted by Crippen LogP contribution is 2.58. The predicted molar refractivity (Wildman–Crippen MR) is 138 cm³/mol. The number of esters is 1. The Bertz CT molecular complexity index is 1280. The number of carbonyl (C=O) groups is 1. The molecule has 2 heterocycles. The maximum atomic E-state index is 13.1. The zero-order chi connectivity index (χ0) is 24.7. The maximum Gasteiger partial charge on any atom is 0.340 e. The quantitative estimate of drug-likeness (QED) is 0.396. The highest BCUT2D eigenvalue weighted by Gasteiger charge is 2.54. The summed E-state index contributed by atoms with van der Waals surface area (Å²) >= 11 is 0. The van der Waals surface area contributed by atoms with Gasteiger partial charge < -0.3 is 24.0 Å². The standard InChI is InChI=1S/C29H32N2O4/c1-6-30(7-2)19-14-15-22-25(16-19)34-26-18-24(31(8-3)9-4)27(33-5)17-23(26)29(22)21-13-11-10-12-20(21)28(32)35-29/h10-18H,6-9H2,1-5H3. The lowest BCUT2D eigenvalue weighted by molar-refractivity contribution is 0.0224. The Kier molecular flexibility index (Phi) is 5.83. The van der Waals surface area contributed by atoms with E-state index in [-0.39, 0.29) is 5.97 Å². The van der Waals surface area contributed by atoms with E-state index in [9.17, 15) is 4.79 Å². The van der Waals surface area contributed by atoms with Gasteiger partial charge in [-0.15, -0.1) is 0 Å². The van der Waals surface area contributed by atoms with Gasteiger partial charge >= 0.3 is 5.97 Å². The molecule has 0 N–H and O–H groups in total. The minimum Gasteiger partial charge on any atom is -0.495 e. The lowest BCUT2D eigenvalue weighted by Gasteiger charge is -2.38. The van der Waals surface area contributed by atoms with Crippen molar-refractivity contribution in [3.63, 3.8) is 0 Å². The van der Waals surface area contributed by atoms with E-state index in [0.717, 1.165) is 60.0 Å². The van der Waals surface area contributed by atoms with Gasteiger partial charge in [0.2, 0.25) is 0 Å². The van der Waals surface area contributed by atoms with E-state index in [2.05, 4.69) is 49.6 Å². The summed E-state index contributed by atoms with van der Waals surface area (Å²) in [6.45, 7) is 11.9. The summed E-state index contributed by atoms with van der Waals surface area (Å²) in [5, 5.41) is 0. The third-order valence-electron chi connectivity index (χ3n) is 7.23. The minimum atomic E-state index is -1.10. The van der Waals surface area contributed by atoms with Gasteiger partial charge in [-0.1, -0.05) is 18.2 Å². The minimum absolute atomic E-state index is 0.334. The fourth-order valence-electron chi connectivity index (χ4n) is 5.44. The molecule has 0 fully saturated rings. The number of anilines is 2. The monoisotopic (exact) mass is 472 g/mol. The van der Waals surface area contributed by atoms with Crippen LogP contribution in [0.2, 0.25) is 0 Å². The zero-order valence-electron chi connectivity index (χ0n) is 21.1. The fraction of sp³-hybridized carbons (Fsp3) is 0.345. The SMILES string of the molecule is CCN(CC)c1ccc2c(c1)Oc1cc(N(CC)CC)c(OC)cc1C21OC(=O)c2ccccc21. The smallest absolute Gasteiger partial charge is 0.340 e. The van der Waals surface area contributed by atoms with Crippen LogP contribution in [0.1, 0.15) is 54.7 Å². The molecule has 3 aromatic rings. The van der Waals surface area contributed by atoms with Crippen LogP contribution in [0, 0.1) is 0 Å². The number of hydrogen-bond donors (Lipinski definition) is 0. The molecule has 2 aliphatic rings. The Morgan fingerprint density at radius 1 is 0.800 bits per heavy atom. The van der Waals surface area contributed by atoms with Crippen LogP contribution < -0.4 is 19.3 Å². The number of hydrogen-bond acceptors (Lipinski definition) is 6. The van der Waals surface area contributed by atoms with Crippen LogP contribution in [0.5, 0.6) is 17.2 Å². The molecule has 0 aliphatic carbocycles. The van der Waals surface area contributed by atoms with Crippen molar-refractivity contribution in [2.45, 2.75) is 33.3 Å². The highest BCUT2D eigenvalue weighted by atomic mass is 16.6. The van der Waals surface area contributed by atoms with E-state index in [0.29, 0.717) is 17.1 Å². The molecule has 0 radical (unpaired) electrons. The maximum absolute atomic E-state index is 13.1. The molecule has 1 unspecified atom stereocenters. The van der Waals surface area contributed by atoms with Crippen LogP contribution in [0.25, 0.3) is 0 Å². The van der Waals surface area contributed by atoms with Gasteiger partial charge in [-0.05, 0) is 52.0 Å². The number of methoxy groups -OCH3 is 1. The number of rotatable bonds is 7. The van der Waals surface area contributed by atoms with E-state index < -0.39 is 5.60 Å². The molecular formula is C29H32N2O4. The van der Waals surface area contributed by atoms with E-state index in [1.54, 1.807) is 7.11 Å². The Balaban J connectivity index is 1.81. The van der Waals surface area contributed by atoms with Gasteiger partial charge in [0.05, 0.1) is 23.9 Å². The van der Waals surface area contributed by atoms with Crippen molar-refractivity contribution in [2.75, 3.05) is 43.1 Å². The molecule has 0 amide bonds. The Labute approximate surface area is 207 Å². The van der Waals surface area contributed by atoms with Gasteiger partial charge in [0, 0.05) is 55.1 Å². The number of benzene rings is 3. The van der Waals surface area contributed by atoms with Gasteiger partial charge in [0.15, 0.2) is 5.60 Å².